The number of nitrogens with one attached hydrogen (secondary N) is 1. The van der Waals surface area contributed by atoms with Gasteiger partial charge in [-0.15, -0.1) is 0 Å². The van der Waals surface area contributed by atoms with E-state index in [0.717, 1.165) is 37.3 Å². The Hall–Kier alpha value is -0.0700. The van der Waals surface area contributed by atoms with Crippen molar-refractivity contribution in [1.82, 2.24) is 9.03 Å². The van der Waals surface area contributed by atoms with Crippen molar-refractivity contribution in [2.24, 2.45) is 0 Å². The molecule has 1 saturated heterocycles. The first-order chi connectivity index (χ1) is 8.66. The zero-order chi connectivity index (χ0) is 13.0. The first kappa shape index (κ1) is 14.3. The maximum atomic E-state index is 5.33. The number of benzene rings is 1. The number of hydrogen-bond acceptors (Lipinski definition) is 4. The van der Waals surface area contributed by atoms with Gasteiger partial charge in [0, 0.05) is 36.2 Å². The summed E-state index contributed by atoms with van der Waals surface area (Å²) in [6, 6.07) is 4.34. The van der Waals surface area contributed by atoms with Crippen LogP contribution in [-0.2, 0) is 11.3 Å². The fourth-order valence-corrected chi connectivity index (χ4v) is 3.46. The summed E-state index contributed by atoms with van der Waals surface area (Å²) >= 11 is 5.24. The van der Waals surface area contributed by atoms with Gasteiger partial charge in [-0.1, -0.05) is 15.9 Å². The lowest BCUT2D eigenvalue weighted by atomic mass is 10.0. The van der Waals surface area contributed by atoms with Crippen molar-refractivity contribution < 1.29 is 4.74 Å². The van der Waals surface area contributed by atoms with Gasteiger partial charge in [-0.3, -0.25) is 0 Å². The maximum Gasteiger partial charge on any atom is 0.0603 e. The van der Waals surface area contributed by atoms with Crippen LogP contribution in [0.15, 0.2) is 16.6 Å². The molecule has 1 heterocycles. The Bertz CT molecular complexity index is 385. The summed E-state index contributed by atoms with van der Waals surface area (Å²) < 4.78 is 12.2. The van der Waals surface area contributed by atoms with Gasteiger partial charge in [-0.05, 0) is 42.7 Å². The molecule has 1 N–H and O–H groups in total. The monoisotopic (exact) mass is 330 g/mol. The van der Waals surface area contributed by atoms with Crippen LogP contribution in [-0.4, -0.2) is 30.6 Å². The summed E-state index contributed by atoms with van der Waals surface area (Å²) in [7, 11) is 0. The number of ether oxygens (including phenoxy) is 1. The van der Waals surface area contributed by atoms with E-state index in [0.29, 0.717) is 0 Å². The number of aryl methyl sites for hydroxylation is 2. The Balaban J connectivity index is 1.86. The summed E-state index contributed by atoms with van der Waals surface area (Å²) in [5, 5.41) is 0. The number of hydrogen-bond donors (Lipinski definition) is 1. The lowest BCUT2D eigenvalue weighted by Gasteiger charge is -2.25. The molecule has 0 saturated carbocycles. The van der Waals surface area contributed by atoms with E-state index in [2.05, 4.69) is 50.9 Å². The molecule has 0 aromatic heterocycles. The van der Waals surface area contributed by atoms with E-state index in [1.165, 1.54) is 16.7 Å². The fraction of sp³-hybridized carbons (Fsp3) is 0.538. The molecule has 3 nitrogen and oxygen atoms in total. The molecule has 0 radical (unpaired) electrons. The van der Waals surface area contributed by atoms with Gasteiger partial charge in [-0.2, -0.15) is 0 Å². The molecule has 1 aromatic rings. The van der Waals surface area contributed by atoms with Crippen LogP contribution in [0.2, 0.25) is 0 Å². The minimum atomic E-state index is 0.838. The van der Waals surface area contributed by atoms with Gasteiger partial charge in [0.2, 0.25) is 0 Å². The normalized spacial score (nSPS) is 17.1. The highest BCUT2D eigenvalue weighted by Gasteiger charge is 2.11. The van der Waals surface area contributed by atoms with Gasteiger partial charge in [0.25, 0.3) is 0 Å². The molecular formula is C13H19BrN2OS. The van der Waals surface area contributed by atoms with E-state index in [-0.39, 0.29) is 0 Å². The molecule has 0 bridgehead atoms. The molecular weight excluding hydrogens is 312 g/mol. The smallest absolute Gasteiger partial charge is 0.0603 e. The number of morpholine rings is 1. The van der Waals surface area contributed by atoms with Gasteiger partial charge in [0.1, 0.15) is 0 Å². The van der Waals surface area contributed by atoms with E-state index < -0.39 is 0 Å². The largest absolute Gasteiger partial charge is 0.379 e. The Kier molecular flexibility index (Phi) is 5.51. The molecule has 18 heavy (non-hydrogen) atoms. The SMILES string of the molecule is Cc1cc(Br)cc(C)c1CNSN1CCOCC1. The second-order valence-corrected chi connectivity index (χ2v) is 6.38. The topological polar surface area (TPSA) is 24.5 Å². The summed E-state index contributed by atoms with van der Waals surface area (Å²) in [4.78, 5) is 0. The number of nitrogens with zero attached hydrogens (tertiary/aromatic N) is 1. The molecule has 5 heteroatoms. The average Bonchev–Trinajstić information content (AvgIpc) is 2.34. The molecule has 1 fully saturated rings. The van der Waals surface area contributed by atoms with Gasteiger partial charge >= 0.3 is 0 Å². The zero-order valence-electron chi connectivity index (χ0n) is 10.8. The molecule has 2 rings (SSSR count). The third-order valence-corrected chi connectivity index (χ3v) is 4.43. The average molecular weight is 331 g/mol. The fourth-order valence-electron chi connectivity index (χ4n) is 2.05. The van der Waals surface area contributed by atoms with Crippen molar-refractivity contribution in [3.63, 3.8) is 0 Å². The molecule has 0 atom stereocenters. The third-order valence-electron chi connectivity index (χ3n) is 3.07. The highest BCUT2D eigenvalue weighted by Crippen LogP contribution is 2.21. The van der Waals surface area contributed by atoms with Crippen LogP contribution < -0.4 is 4.72 Å². The first-order valence-electron chi connectivity index (χ1n) is 6.15. The number of halogens is 1. The van der Waals surface area contributed by atoms with E-state index in [1.807, 2.05) is 0 Å². The van der Waals surface area contributed by atoms with Crippen LogP contribution in [0.5, 0.6) is 0 Å². The molecule has 100 valence electrons. The summed E-state index contributed by atoms with van der Waals surface area (Å²) in [5.74, 6) is 0. The maximum absolute atomic E-state index is 5.33. The van der Waals surface area contributed by atoms with Crippen LogP contribution in [0.25, 0.3) is 0 Å². The highest BCUT2D eigenvalue weighted by molar-refractivity contribution is 9.10. The van der Waals surface area contributed by atoms with Crippen LogP contribution in [0, 0.1) is 13.8 Å². The summed E-state index contributed by atoms with van der Waals surface area (Å²) in [5.41, 5.74) is 4.05. The van der Waals surface area contributed by atoms with Crippen molar-refractivity contribution in [2.45, 2.75) is 20.4 Å². The molecule has 1 aliphatic heterocycles. The van der Waals surface area contributed by atoms with E-state index in [1.54, 1.807) is 12.1 Å². The Morgan fingerprint density at radius 1 is 1.28 bits per heavy atom. The van der Waals surface area contributed by atoms with Crippen LogP contribution >= 0.6 is 28.1 Å². The number of rotatable bonds is 4. The van der Waals surface area contributed by atoms with Gasteiger partial charge < -0.3 is 4.74 Å². The quantitative estimate of drug-likeness (QED) is 0.857. The first-order valence-corrected chi connectivity index (χ1v) is 7.71. The third kappa shape index (κ3) is 3.96. The molecule has 1 aliphatic rings. The van der Waals surface area contributed by atoms with Crippen molar-refractivity contribution in [3.05, 3.63) is 33.3 Å². The molecule has 0 amide bonds. The van der Waals surface area contributed by atoms with Gasteiger partial charge in [0.05, 0.1) is 13.2 Å². The minimum absolute atomic E-state index is 0.838. The standard InChI is InChI=1S/C13H19BrN2OS/c1-10-7-12(14)8-11(2)13(10)9-15-18-16-3-5-17-6-4-16/h7-8,15H,3-6,9H2,1-2H3. The Morgan fingerprint density at radius 3 is 2.50 bits per heavy atom. The van der Waals surface area contributed by atoms with Crippen LogP contribution in [0.3, 0.4) is 0 Å². The van der Waals surface area contributed by atoms with Crippen molar-refractivity contribution >= 4 is 28.1 Å². The second kappa shape index (κ2) is 6.91. The molecule has 0 unspecified atom stereocenters. The predicted molar refractivity (Wildman–Crippen MR) is 80.4 cm³/mol. The van der Waals surface area contributed by atoms with Crippen LogP contribution in [0.1, 0.15) is 16.7 Å². The Morgan fingerprint density at radius 2 is 1.89 bits per heavy atom. The van der Waals surface area contributed by atoms with Crippen molar-refractivity contribution in [3.8, 4) is 0 Å². The van der Waals surface area contributed by atoms with E-state index >= 15 is 0 Å². The lowest BCUT2D eigenvalue weighted by molar-refractivity contribution is 0.0770. The van der Waals surface area contributed by atoms with Gasteiger partial charge in [-0.25, -0.2) is 9.03 Å². The highest BCUT2D eigenvalue weighted by atomic mass is 79.9. The molecule has 1 aromatic carbocycles. The molecule has 0 spiro atoms. The lowest BCUT2D eigenvalue weighted by Crippen LogP contribution is -2.33. The van der Waals surface area contributed by atoms with E-state index in [9.17, 15) is 0 Å². The van der Waals surface area contributed by atoms with Crippen LogP contribution in [0.4, 0.5) is 0 Å². The zero-order valence-corrected chi connectivity index (χ0v) is 13.2. The molecule has 0 aliphatic carbocycles. The summed E-state index contributed by atoms with van der Waals surface area (Å²) in [6.45, 7) is 8.89. The van der Waals surface area contributed by atoms with Gasteiger partial charge in [0.15, 0.2) is 0 Å². The van der Waals surface area contributed by atoms with E-state index in [4.69, 9.17) is 4.74 Å². The predicted octanol–water partition coefficient (Wildman–Crippen LogP) is 3.05. The second-order valence-electron chi connectivity index (χ2n) is 4.47. The summed E-state index contributed by atoms with van der Waals surface area (Å²) in [6.07, 6.45) is 0. The van der Waals surface area contributed by atoms with Crippen molar-refractivity contribution in [2.75, 3.05) is 26.3 Å². The Labute approximate surface area is 122 Å². The minimum Gasteiger partial charge on any atom is -0.379 e. The van der Waals surface area contributed by atoms with Crippen molar-refractivity contribution in [1.29, 1.82) is 0 Å².